The third-order valence-corrected chi connectivity index (χ3v) is 3.32. The highest BCUT2D eigenvalue weighted by molar-refractivity contribution is 5.93. The van der Waals surface area contributed by atoms with Gasteiger partial charge in [0.05, 0.1) is 16.8 Å². The van der Waals surface area contributed by atoms with Crippen molar-refractivity contribution in [3.63, 3.8) is 0 Å². The van der Waals surface area contributed by atoms with Crippen molar-refractivity contribution in [2.45, 2.75) is 0 Å². The van der Waals surface area contributed by atoms with Gasteiger partial charge in [0.1, 0.15) is 5.69 Å². The van der Waals surface area contributed by atoms with Gasteiger partial charge in [-0.25, -0.2) is 5.43 Å². The summed E-state index contributed by atoms with van der Waals surface area (Å²) in [5.74, 6) is -0.343. The van der Waals surface area contributed by atoms with Crippen LogP contribution in [0.4, 0.5) is 5.69 Å². The van der Waals surface area contributed by atoms with Crippen molar-refractivity contribution in [1.82, 2.24) is 15.0 Å². The van der Waals surface area contributed by atoms with Gasteiger partial charge in [0.2, 0.25) is 0 Å². The third-order valence-electron chi connectivity index (χ3n) is 3.32. The zero-order chi connectivity index (χ0) is 16.9. The molecule has 0 fully saturated rings. The first-order valence-electron chi connectivity index (χ1n) is 7.04. The number of aromatic amines is 1. The number of nitrogens with one attached hydrogen (secondary N) is 2. The van der Waals surface area contributed by atoms with Crippen molar-refractivity contribution in [2.24, 2.45) is 5.10 Å². The fourth-order valence-electron chi connectivity index (χ4n) is 2.16. The van der Waals surface area contributed by atoms with E-state index in [2.05, 4.69) is 15.5 Å². The molecule has 0 spiro atoms. The summed E-state index contributed by atoms with van der Waals surface area (Å²) in [6.45, 7) is 0. The zero-order valence-corrected chi connectivity index (χ0v) is 12.4. The lowest BCUT2D eigenvalue weighted by molar-refractivity contribution is -0.384. The van der Waals surface area contributed by atoms with Crippen molar-refractivity contribution in [1.29, 1.82) is 0 Å². The second-order valence-corrected chi connectivity index (χ2v) is 4.86. The fraction of sp³-hybridized carbons (Fsp3) is 0. The number of benzene rings is 1. The number of non-ortho nitro benzene ring substituents is 1. The first-order chi connectivity index (χ1) is 11.6. The maximum absolute atomic E-state index is 11.8. The minimum Gasteiger partial charge on any atom is -0.357 e. The molecule has 8 heteroatoms. The van der Waals surface area contributed by atoms with Gasteiger partial charge >= 0.3 is 0 Å². The highest BCUT2D eigenvalue weighted by atomic mass is 16.6. The number of hydrogen-bond donors (Lipinski definition) is 2. The molecular formula is C16H13N5O3. The van der Waals surface area contributed by atoms with Gasteiger partial charge in [-0.15, -0.1) is 0 Å². The number of amides is 1. The quantitative estimate of drug-likeness (QED) is 0.428. The summed E-state index contributed by atoms with van der Waals surface area (Å²) in [6, 6.07) is 13.1. The topological polar surface area (TPSA) is 105 Å². The van der Waals surface area contributed by atoms with E-state index in [1.165, 1.54) is 18.3 Å². The van der Waals surface area contributed by atoms with Crippen LogP contribution in [0.5, 0.6) is 0 Å². The summed E-state index contributed by atoms with van der Waals surface area (Å²) < 4.78 is 1.80. The molecule has 1 amide bonds. The molecule has 0 aliphatic carbocycles. The maximum Gasteiger partial charge on any atom is 0.287 e. The molecule has 0 aliphatic rings. The maximum atomic E-state index is 11.8. The minimum atomic E-state index is -0.446. The minimum absolute atomic E-state index is 0.0272. The number of nitro benzene ring substituents is 1. The lowest BCUT2D eigenvalue weighted by atomic mass is 10.3. The van der Waals surface area contributed by atoms with Gasteiger partial charge in [-0.1, -0.05) is 0 Å². The molecule has 8 nitrogen and oxygen atoms in total. The molecule has 3 rings (SSSR count). The predicted octanol–water partition coefficient (Wildman–Crippen LogP) is 2.48. The van der Waals surface area contributed by atoms with Crippen molar-refractivity contribution in [3.05, 3.63) is 82.4 Å². The zero-order valence-electron chi connectivity index (χ0n) is 12.4. The van der Waals surface area contributed by atoms with Gasteiger partial charge in [0.15, 0.2) is 0 Å². The van der Waals surface area contributed by atoms with Crippen LogP contribution >= 0.6 is 0 Å². The second-order valence-electron chi connectivity index (χ2n) is 4.86. The summed E-state index contributed by atoms with van der Waals surface area (Å²) in [5, 5.41) is 14.6. The highest BCUT2D eigenvalue weighted by Crippen LogP contribution is 2.16. The molecule has 120 valence electrons. The van der Waals surface area contributed by atoms with Crippen LogP contribution in [0.25, 0.3) is 5.69 Å². The second kappa shape index (κ2) is 6.61. The average molecular weight is 323 g/mol. The van der Waals surface area contributed by atoms with Crippen molar-refractivity contribution in [3.8, 4) is 5.69 Å². The summed E-state index contributed by atoms with van der Waals surface area (Å²) in [6.07, 6.45) is 4.95. The monoisotopic (exact) mass is 323 g/mol. The number of carbonyl (C=O) groups is 1. The Morgan fingerprint density at radius 2 is 2.00 bits per heavy atom. The molecule has 24 heavy (non-hydrogen) atoms. The van der Waals surface area contributed by atoms with E-state index in [-0.39, 0.29) is 11.6 Å². The van der Waals surface area contributed by atoms with Crippen LogP contribution in [0.1, 0.15) is 16.2 Å². The average Bonchev–Trinajstić information content (AvgIpc) is 3.26. The number of nitro groups is 1. The largest absolute Gasteiger partial charge is 0.357 e. The number of hydrogen-bond acceptors (Lipinski definition) is 4. The van der Waals surface area contributed by atoms with Crippen LogP contribution in [-0.4, -0.2) is 26.6 Å². The Balaban J connectivity index is 1.74. The molecular weight excluding hydrogens is 310 g/mol. The van der Waals surface area contributed by atoms with Gasteiger partial charge in [0, 0.05) is 30.2 Å². The predicted molar refractivity (Wildman–Crippen MR) is 88.3 cm³/mol. The molecule has 0 radical (unpaired) electrons. The van der Waals surface area contributed by atoms with Gasteiger partial charge in [0.25, 0.3) is 11.6 Å². The van der Waals surface area contributed by atoms with Crippen molar-refractivity contribution in [2.75, 3.05) is 0 Å². The molecule has 3 aromatic rings. The number of hydrazone groups is 1. The molecule has 0 atom stereocenters. The molecule has 2 N–H and O–H groups in total. The lowest BCUT2D eigenvalue weighted by Crippen LogP contribution is -2.18. The molecule has 0 unspecified atom stereocenters. The SMILES string of the molecule is O=C(N/N=C\c1cccn1-c1ccc([N+](=O)[O-])cc1)c1ccc[nH]1. The molecule has 2 aromatic heterocycles. The van der Waals surface area contributed by atoms with Crippen LogP contribution in [0.15, 0.2) is 66.0 Å². The summed E-state index contributed by atoms with van der Waals surface area (Å²) in [7, 11) is 0. The van der Waals surface area contributed by atoms with Gasteiger partial charge in [-0.3, -0.25) is 14.9 Å². The van der Waals surface area contributed by atoms with Gasteiger partial charge in [-0.2, -0.15) is 5.10 Å². The number of rotatable bonds is 5. The fourth-order valence-corrected chi connectivity index (χ4v) is 2.16. The summed E-state index contributed by atoms with van der Waals surface area (Å²) >= 11 is 0. The van der Waals surface area contributed by atoms with E-state index in [1.54, 1.807) is 41.2 Å². The molecule has 0 bridgehead atoms. The lowest BCUT2D eigenvalue weighted by Gasteiger charge is -2.05. The van der Waals surface area contributed by atoms with Crippen LogP contribution in [0.3, 0.4) is 0 Å². The van der Waals surface area contributed by atoms with Crippen LogP contribution in [-0.2, 0) is 0 Å². The van der Waals surface area contributed by atoms with E-state index < -0.39 is 4.92 Å². The molecule has 1 aromatic carbocycles. The van der Waals surface area contributed by atoms with E-state index in [9.17, 15) is 14.9 Å². The van der Waals surface area contributed by atoms with E-state index in [4.69, 9.17) is 0 Å². The Hall–Kier alpha value is -3.68. The van der Waals surface area contributed by atoms with Crippen molar-refractivity contribution >= 4 is 17.8 Å². The van der Waals surface area contributed by atoms with E-state index >= 15 is 0 Å². The molecule has 2 heterocycles. The number of carbonyl (C=O) groups excluding carboxylic acids is 1. The van der Waals surface area contributed by atoms with Crippen molar-refractivity contribution < 1.29 is 9.72 Å². The van der Waals surface area contributed by atoms with Crippen LogP contribution in [0, 0.1) is 10.1 Å². The Kier molecular flexibility index (Phi) is 4.19. The first-order valence-corrected chi connectivity index (χ1v) is 7.04. The Morgan fingerprint density at radius 1 is 1.21 bits per heavy atom. The standard InChI is InChI=1S/C16H13N5O3/c22-16(15-4-1-9-17-15)19-18-11-14-3-2-10-20(14)12-5-7-13(8-6-12)21(23)24/h1-11,17H,(H,19,22)/b18-11-. The van der Waals surface area contributed by atoms with E-state index in [1.807, 2.05) is 12.1 Å². The van der Waals surface area contributed by atoms with Crippen LogP contribution < -0.4 is 5.43 Å². The smallest absolute Gasteiger partial charge is 0.287 e. The number of aromatic nitrogens is 2. The van der Waals surface area contributed by atoms with Crippen LogP contribution in [0.2, 0.25) is 0 Å². The number of nitrogens with zero attached hydrogens (tertiary/aromatic N) is 3. The summed E-state index contributed by atoms with van der Waals surface area (Å²) in [4.78, 5) is 24.8. The Bertz CT molecular complexity index is 879. The van der Waals surface area contributed by atoms with E-state index in [0.29, 0.717) is 5.69 Å². The normalized spacial score (nSPS) is 10.8. The van der Waals surface area contributed by atoms with E-state index in [0.717, 1.165) is 11.4 Å². The third kappa shape index (κ3) is 3.22. The Morgan fingerprint density at radius 3 is 2.67 bits per heavy atom. The highest BCUT2D eigenvalue weighted by Gasteiger charge is 2.07. The first kappa shape index (κ1) is 15.2. The molecule has 0 saturated carbocycles. The van der Waals surface area contributed by atoms with Gasteiger partial charge in [-0.05, 0) is 36.4 Å². The van der Waals surface area contributed by atoms with Gasteiger partial charge < -0.3 is 9.55 Å². The Labute approximate surface area is 136 Å². The molecule has 0 aliphatic heterocycles. The summed E-state index contributed by atoms with van der Waals surface area (Å²) in [5.41, 5.74) is 4.34. The molecule has 0 saturated heterocycles. The number of H-pyrrole nitrogens is 1.